The van der Waals surface area contributed by atoms with Crippen molar-refractivity contribution >= 4 is 16.0 Å². The van der Waals surface area contributed by atoms with E-state index in [0.29, 0.717) is 23.0 Å². The van der Waals surface area contributed by atoms with Gasteiger partial charge in [0.05, 0.1) is 17.6 Å². The average Bonchev–Trinajstić information content (AvgIpc) is 3.08. The molecule has 0 spiro atoms. The van der Waals surface area contributed by atoms with Gasteiger partial charge in [-0.3, -0.25) is 0 Å². The average molecular weight is 323 g/mol. The van der Waals surface area contributed by atoms with Gasteiger partial charge in [-0.2, -0.15) is 0 Å². The number of nitrogens with one attached hydrogen (secondary N) is 1. The van der Waals surface area contributed by atoms with Crippen LogP contribution in [0.25, 0.3) is 0 Å². The first kappa shape index (κ1) is 15.5. The van der Waals surface area contributed by atoms with Gasteiger partial charge in [-0.1, -0.05) is 12.5 Å². The number of aryl methyl sites for hydroxylation is 1. The van der Waals surface area contributed by atoms with Crippen molar-refractivity contribution in [3.63, 3.8) is 0 Å². The fraction of sp³-hybridized carbons (Fsp3) is 0.562. The van der Waals surface area contributed by atoms with Crippen molar-refractivity contribution in [1.29, 1.82) is 0 Å². The van der Waals surface area contributed by atoms with Crippen LogP contribution in [0.4, 0.5) is 0 Å². The third-order valence-corrected chi connectivity index (χ3v) is 6.46. The fourth-order valence-corrected chi connectivity index (χ4v) is 5.10. The van der Waals surface area contributed by atoms with E-state index in [1.807, 2.05) is 0 Å². The van der Waals surface area contributed by atoms with E-state index in [1.165, 1.54) is 25.7 Å². The Kier molecular flexibility index (Phi) is 3.99. The lowest BCUT2D eigenvalue weighted by Gasteiger charge is -2.22. The Hall–Kier alpha value is -1.40. The highest BCUT2D eigenvalue weighted by Gasteiger charge is 2.41. The van der Waals surface area contributed by atoms with E-state index in [0.717, 1.165) is 19.3 Å². The quantitative estimate of drug-likeness (QED) is 0.863. The van der Waals surface area contributed by atoms with Crippen molar-refractivity contribution in [2.24, 2.45) is 11.8 Å². The molecule has 2 fully saturated rings. The number of ether oxygens (including phenoxy) is 1. The number of hydrogen-bond donors (Lipinski definition) is 1. The van der Waals surface area contributed by atoms with Gasteiger partial charge in [-0.15, -0.1) is 0 Å². The number of fused-ring (bicyclic) bond motifs is 2. The molecule has 0 aromatic heterocycles. The van der Waals surface area contributed by atoms with E-state index in [1.54, 1.807) is 13.0 Å². The lowest BCUT2D eigenvalue weighted by atomic mass is 9.96. The van der Waals surface area contributed by atoms with E-state index in [-0.39, 0.29) is 10.9 Å². The standard InChI is InChI=1S/C16H21NO4S/c1-10-3-6-13(9-14(10)16(18)21-2)22(19,20)17-15-8-11-4-5-12(15)7-11/h3,6,9,11-12,15,17H,4-5,7-8H2,1-2H3/t11-,12+,15+/m0/s1. The molecule has 2 aliphatic rings. The highest BCUT2D eigenvalue weighted by Crippen LogP contribution is 2.44. The molecule has 0 heterocycles. The molecule has 1 aromatic carbocycles. The van der Waals surface area contributed by atoms with Gasteiger partial charge in [0.1, 0.15) is 0 Å². The summed E-state index contributed by atoms with van der Waals surface area (Å²) in [5, 5.41) is 0. The van der Waals surface area contributed by atoms with Crippen LogP contribution in [0.1, 0.15) is 41.6 Å². The minimum Gasteiger partial charge on any atom is -0.465 e. The lowest BCUT2D eigenvalue weighted by Crippen LogP contribution is -2.38. The summed E-state index contributed by atoms with van der Waals surface area (Å²) in [6.45, 7) is 1.76. The molecule has 0 saturated heterocycles. The Labute approximate surface area is 131 Å². The number of carbonyl (C=O) groups excluding carboxylic acids is 1. The number of esters is 1. The number of sulfonamides is 1. The Bertz CT molecular complexity index is 698. The molecule has 120 valence electrons. The summed E-state index contributed by atoms with van der Waals surface area (Å²) >= 11 is 0. The normalized spacial score (nSPS) is 27.1. The predicted octanol–water partition coefficient (Wildman–Crippen LogP) is 2.25. The maximum absolute atomic E-state index is 12.6. The zero-order chi connectivity index (χ0) is 15.9. The number of rotatable bonds is 4. The Morgan fingerprint density at radius 3 is 2.64 bits per heavy atom. The lowest BCUT2D eigenvalue weighted by molar-refractivity contribution is 0.0599. The van der Waals surface area contributed by atoms with Crippen LogP contribution < -0.4 is 4.72 Å². The molecule has 1 aromatic rings. The van der Waals surface area contributed by atoms with E-state index in [9.17, 15) is 13.2 Å². The highest BCUT2D eigenvalue weighted by molar-refractivity contribution is 7.89. The van der Waals surface area contributed by atoms with E-state index in [2.05, 4.69) is 4.72 Å². The summed E-state index contributed by atoms with van der Waals surface area (Å²) in [6.07, 6.45) is 4.40. The second kappa shape index (κ2) is 5.66. The van der Waals surface area contributed by atoms with Crippen LogP contribution >= 0.6 is 0 Å². The molecule has 2 saturated carbocycles. The minimum atomic E-state index is -3.60. The number of benzene rings is 1. The highest BCUT2D eigenvalue weighted by atomic mass is 32.2. The van der Waals surface area contributed by atoms with Gasteiger partial charge in [0, 0.05) is 6.04 Å². The number of hydrogen-bond acceptors (Lipinski definition) is 4. The largest absolute Gasteiger partial charge is 0.465 e. The zero-order valence-corrected chi connectivity index (χ0v) is 13.7. The van der Waals surface area contributed by atoms with Gasteiger partial charge in [0.2, 0.25) is 10.0 Å². The van der Waals surface area contributed by atoms with Crippen molar-refractivity contribution in [1.82, 2.24) is 4.72 Å². The molecule has 0 unspecified atom stereocenters. The number of carbonyl (C=O) groups is 1. The third-order valence-electron chi connectivity index (χ3n) is 4.97. The van der Waals surface area contributed by atoms with Crippen LogP contribution in [0, 0.1) is 18.8 Å². The first-order chi connectivity index (χ1) is 10.4. The molecule has 3 rings (SSSR count). The van der Waals surface area contributed by atoms with Crippen LogP contribution in [0.15, 0.2) is 23.1 Å². The Balaban J connectivity index is 1.84. The maximum Gasteiger partial charge on any atom is 0.338 e. The van der Waals surface area contributed by atoms with Gasteiger partial charge in [-0.25, -0.2) is 17.9 Å². The van der Waals surface area contributed by atoms with Crippen LogP contribution in [0.5, 0.6) is 0 Å². The molecule has 5 nitrogen and oxygen atoms in total. The van der Waals surface area contributed by atoms with Crippen LogP contribution in [0.3, 0.4) is 0 Å². The minimum absolute atomic E-state index is 0.0339. The summed E-state index contributed by atoms with van der Waals surface area (Å²) in [4.78, 5) is 11.9. The predicted molar refractivity (Wildman–Crippen MR) is 82.1 cm³/mol. The van der Waals surface area contributed by atoms with Crippen molar-refractivity contribution in [3.8, 4) is 0 Å². The smallest absolute Gasteiger partial charge is 0.338 e. The van der Waals surface area contributed by atoms with Crippen LogP contribution in [-0.4, -0.2) is 27.5 Å². The molecule has 1 N–H and O–H groups in total. The van der Waals surface area contributed by atoms with Crippen molar-refractivity contribution < 1.29 is 17.9 Å². The molecule has 0 amide bonds. The molecular formula is C16H21NO4S. The molecule has 0 radical (unpaired) electrons. The summed E-state index contributed by atoms with van der Waals surface area (Å²) in [6, 6.07) is 4.61. The van der Waals surface area contributed by atoms with Gasteiger partial charge < -0.3 is 4.74 Å². The van der Waals surface area contributed by atoms with Gasteiger partial charge in [0.25, 0.3) is 0 Å². The number of methoxy groups -OCH3 is 1. The Morgan fingerprint density at radius 2 is 2.05 bits per heavy atom. The van der Waals surface area contributed by atoms with E-state index < -0.39 is 16.0 Å². The summed E-state index contributed by atoms with van der Waals surface area (Å²) in [5.74, 6) is 0.612. The summed E-state index contributed by atoms with van der Waals surface area (Å²) in [5.41, 5.74) is 0.990. The van der Waals surface area contributed by atoms with E-state index in [4.69, 9.17) is 4.74 Å². The first-order valence-electron chi connectivity index (χ1n) is 7.62. The Morgan fingerprint density at radius 1 is 1.27 bits per heavy atom. The first-order valence-corrected chi connectivity index (χ1v) is 9.10. The topological polar surface area (TPSA) is 72.5 Å². The van der Waals surface area contributed by atoms with Gasteiger partial charge in [0.15, 0.2) is 0 Å². The van der Waals surface area contributed by atoms with Crippen LogP contribution in [0.2, 0.25) is 0 Å². The molecular weight excluding hydrogens is 302 g/mol. The van der Waals surface area contributed by atoms with Crippen LogP contribution in [-0.2, 0) is 14.8 Å². The second-order valence-corrected chi connectivity index (χ2v) is 8.08. The monoisotopic (exact) mass is 323 g/mol. The maximum atomic E-state index is 12.6. The summed E-state index contributed by atoms with van der Waals surface area (Å²) in [7, 11) is -2.32. The van der Waals surface area contributed by atoms with Gasteiger partial charge in [-0.05, 0) is 55.7 Å². The fourth-order valence-electron chi connectivity index (χ4n) is 3.75. The molecule has 2 aliphatic carbocycles. The molecule has 0 aliphatic heterocycles. The molecule has 2 bridgehead atoms. The SMILES string of the molecule is COC(=O)c1cc(S(=O)(=O)N[C@@H]2C[C@H]3CC[C@@H]2C3)ccc1C. The molecule has 6 heteroatoms. The molecule has 22 heavy (non-hydrogen) atoms. The van der Waals surface area contributed by atoms with Gasteiger partial charge >= 0.3 is 5.97 Å². The van der Waals surface area contributed by atoms with E-state index >= 15 is 0 Å². The van der Waals surface area contributed by atoms with Crippen molar-refractivity contribution in [2.45, 2.75) is 43.5 Å². The zero-order valence-electron chi connectivity index (χ0n) is 12.8. The van der Waals surface area contributed by atoms with Crippen molar-refractivity contribution in [3.05, 3.63) is 29.3 Å². The summed E-state index contributed by atoms with van der Waals surface area (Å²) < 4.78 is 32.7. The molecule has 3 atom stereocenters. The van der Waals surface area contributed by atoms with Crippen molar-refractivity contribution in [2.75, 3.05) is 7.11 Å². The second-order valence-electron chi connectivity index (χ2n) is 6.37. The third kappa shape index (κ3) is 2.77.